The third-order valence-electron chi connectivity index (χ3n) is 1.57. The molecule has 0 aliphatic rings. The lowest BCUT2D eigenvalue weighted by Gasteiger charge is -2.00. The second kappa shape index (κ2) is 5.06. The van der Waals surface area contributed by atoms with Crippen molar-refractivity contribution in [2.75, 3.05) is 13.7 Å². The fourth-order valence-corrected chi connectivity index (χ4v) is 0.936. The van der Waals surface area contributed by atoms with Crippen LogP contribution in [-0.4, -0.2) is 24.7 Å². The van der Waals surface area contributed by atoms with Crippen LogP contribution in [0.2, 0.25) is 0 Å². The van der Waals surface area contributed by atoms with Crippen LogP contribution in [0.3, 0.4) is 0 Å². The molecule has 0 saturated heterocycles. The predicted octanol–water partition coefficient (Wildman–Crippen LogP) is 0.968. The Balaban J connectivity index is 2.60. The maximum atomic E-state index is 9.78. The lowest BCUT2D eigenvalue weighted by atomic mass is 10.2. The average Bonchev–Trinajstić information content (AvgIpc) is 2.19. The van der Waals surface area contributed by atoms with E-state index in [-0.39, 0.29) is 0 Å². The van der Waals surface area contributed by atoms with E-state index in [1.807, 2.05) is 6.07 Å². The lowest BCUT2D eigenvalue weighted by Crippen LogP contribution is -1.94. The van der Waals surface area contributed by atoms with Crippen molar-refractivity contribution in [1.82, 2.24) is 4.98 Å². The highest BCUT2D eigenvalue weighted by molar-refractivity contribution is 5.33. The van der Waals surface area contributed by atoms with Crippen LogP contribution < -0.4 is 4.74 Å². The van der Waals surface area contributed by atoms with E-state index >= 15 is 0 Å². The summed E-state index contributed by atoms with van der Waals surface area (Å²) in [6, 6.07) is 3.59. The topological polar surface area (TPSA) is 51.6 Å². The monoisotopic (exact) mass is 178 g/mol. The van der Waals surface area contributed by atoms with Crippen LogP contribution in [-0.2, 0) is 11.2 Å². The Morgan fingerprint density at radius 1 is 1.69 bits per heavy atom. The molecule has 0 unspecified atom stereocenters. The van der Waals surface area contributed by atoms with Crippen molar-refractivity contribution in [3.8, 4) is 5.75 Å². The molecule has 1 heterocycles. The van der Waals surface area contributed by atoms with E-state index in [0.29, 0.717) is 13.0 Å². The molecule has 0 radical (unpaired) electrons. The molecule has 13 heavy (non-hydrogen) atoms. The zero-order valence-electron chi connectivity index (χ0n) is 7.36. The molecule has 0 bridgehead atoms. The van der Waals surface area contributed by atoms with Crippen molar-refractivity contribution >= 4 is 6.08 Å². The molecule has 0 N–H and O–H groups in total. The van der Waals surface area contributed by atoms with Gasteiger partial charge in [0.05, 0.1) is 13.7 Å². The molecular formula is C9H10N2O2. The molecule has 0 aromatic carbocycles. The summed E-state index contributed by atoms with van der Waals surface area (Å²) in [6.07, 6.45) is 3.78. The van der Waals surface area contributed by atoms with Gasteiger partial charge in [0, 0.05) is 24.4 Å². The molecule has 1 aromatic heterocycles. The largest absolute Gasteiger partial charge is 0.497 e. The maximum absolute atomic E-state index is 9.78. The second-order valence-corrected chi connectivity index (χ2v) is 2.41. The zero-order valence-corrected chi connectivity index (χ0v) is 7.36. The summed E-state index contributed by atoms with van der Waals surface area (Å²) in [5, 5.41) is 0. The highest BCUT2D eigenvalue weighted by Crippen LogP contribution is 2.09. The third kappa shape index (κ3) is 3.05. The van der Waals surface area contributed by atoms with Crippen molar-refractivity contribution in [3.05, 3.63) is 24.0 Å². The number of hydrogen-bond acceptors (Lipinski definition) is 4. The fraction of sp³-hybridized carbons (Fsp3) is 0.333. The van der Waals surface area contributed by atoms with Gasteiger partial charge in [-0.25, -0.2) is 9.79 Å². The van der Waals surface area contributed by atoms with Crippen molar-refractivity contribution < 1.29 is 9.53 Å². The van der Waals surface area contributed by atoms with E-state index in [1.54, 1.807) is 19.4 Å². The minimum absolute atomic E-state index is 0.420. The van der Waals surface area contributed by atoms with Crippen molar-refractivity contribution in [2.24, 2.45) is 4.99 Å². The minimum atomic E-state index is 0.420. The van der Waals surface area contributed by atoms with Gasteiger partial charge >= 0.3 is 0 Å². The van der Waals surface area contributed by atoms with Gasteiger partial charge in [-0.05, 0) is 6.07 Å². The molecule has 0 spiro atoms. The van der Waals surface area contributed by atoms with Gasteiger partial charge in [0.25, 0.3) is 0 Å². The highest BCUT2D eigenvalue weighted by Gasteiger charge is 1.95. The molecule has 4 heteroatoms. The highest BCUT2D eigenvalue weighted by atomic mass is 16.5. The second-order valence-electron chi connectivity index (χ2n) is 2.41. The first-order valence-corrected chi connectivity index (χ1v) is 3.89. The number of aliphatic imine (C=N–C) groups is 1. The average molecular weight is 178 g/mol. The van der Waals surface area contributed by atoms with Crippen molar-refractivity contribution in [3.63, 3.8) is 0 Å². The molecule has 0 saturated carbocycles. The number of nitrogens with zero attached hydrogens (tertiary/aromatic N) is 2. The van der Waals surface area contributed by atoms with E-state index in [9.17, 15) is 4.79 Å². The van der Waals surface area contributed by atoms with Crippen LogP contribution >= 0.6 is 0 Å². The summed E-state index contributed by atoms with van der Waals surface area (Å²) in [5.41, 5.74) is 0.860. The Hall–Kier alpha value is -1.67. The molecule has 0 amide bonds. The Bertz CT molecular complexity index is 319. The third-order valence-corrected chi connectivity index (χ3v) is 1.57. The fourth-order valence-electron chi connectivity index (χ4n) is 0.936. The van der Waals surface area contributed by atoms with E-state index in [0.717, 1.165) is 11.4 Å². The number of ether oxygens (including phenoxy) is 1. The molecule has 4 nitrogen and oxygen atoms in total. The quantitative estimate of drug-likeness (QED) is 0.510. The normalized spacial score (nSPS) is 9.00. The summed E-state index contributed by atoms with van der Waals surface area (Å²) < 4.78 is 5.01. The Kier molecular flexibility index (Phi) is 3.67. The van der Waals surface area contributed by atoms with Gasteiger partial charge in [0.2, 0.25) is 6.08 Å². The van der Waals surface area contributed by atoms with Crippen LogP contribution in [0.1, 0.15) is 5.69 Å². The van der Waals surface area contributed by atoms with Crippen molar-refractivity contribution in [2.45, 2.75) is 6.42 Å². The molecule has 0 fully saturated rings. The molecule has 0 atom stereocenters. The molecular weight excluding hydrogens is 168 g/mol. The number of methoxy groups -OCH3 is 1. The summed E-state index contributed by atoms with van der Waals surface area (Å²) in [4.78, 5) is 17.3. The predicted molar refractivity (Wildman–Crippen MR) is 47.5 cm³/mol. The van der Waals surface area contributed by atoms with E-state index in [1.165, 1.54) is 6.08 Å². The standard InChI is InChI=1S/C9H10N2O2/c1-13-9-3-5-11-8(6-9)2-4-10-7-12/h3,5-6H,2,4H2,1H3. The van der Waals surface area contributed by atoms with Gasteiger partial charge in [-0.2, -0.15) is 0 Å². The van der Waals surface area contributed by atoms with Crippen molar-refractivity contribution in [1.29, 1.82) is 0 Å². The Labute approximate surface area is 76.3 Å². The van der Waals surface area contributed by atoms with Crippen LogP contribution in [0, 0.1) is 0 Å². The van der Waals surface area contributed by atoms with Crippen LogP contribution in [0.4, 0.5) is 0 Å². The molecule has 68 valence electrons. The first kappa shape index (κ1) is 9.42. The number of hydrogen-bond donors (Lipinski definition) is 0. The summed E-state index contributed by atoms with van der Waals surface area (Å²) in [5.74, 6) is 0.764. The Morgan fingerprint density at radius 3 is 3.23 bits per heavy atom. The first-order chi connectivity index (χ1) is 6.36. The van der Waals surface area contributed by atoms with Crippen LogP contribution in [0.5, 0.6) is 5.75 Å². The van der Waals surface area contributed by atoms with E-state index in [2.05, 4.69) is 9.98 Å². The van der Waals surface area contributed by atoms with Gasteiger partial charge in [-0.3, -0.25) is 4.98 Å². The summed E-state index contributed by atoms with van der Waals surface area (Å²) >= 11 is 0. The molecule has 1 rings (SSSR count). The van der Waals surface area contributed by atoms with Gasteiger partial charge in [0.15, 0.2) is 0 Å². The summed E-state index contributed by atoms with van der Waals surface area (Å²) in [6.45, 7) is 0.420. The van der Waals surface area contributed by atoms with Gasteiger partial charge < -0.3 is 4.74 Å². The van der Waals surface area contributed by atoms with E-state index in [4.69, 9.17) is 4.74 Å². The van der Waals surface area contributed by atoms with Crippen LogP contribution in [0.15, 0.2) is 23.3 Å². The number of aromatic nitrogens is 1. The lowest BCUT2D eigenvalue weighted by molar-refractivity contribution is 0.413. The molecule has 0 aliphatic heterocycles. The summed E-state index contributed by atoms with van der Waals surface area (Å²) in [7, 11) is 1.60. The number of pyridine rings is 1. The van der Waals surface area contributed by atoms with Gasteiger partial charge in [-0.15, -0.1) is 0 Å². The number of isocyanates is 1. The SMILES string of the molecule is COc1ccnc(CCN=C=O)c1. The molecule has 1 aromatic rings. The maximum Gasteiger partial charge on any atom is 0.234 e. The Morgan fingerprint density at radius 2 is 2.54 bits per heavy atom. The van der Waals surface area contributed by atoms with Crippen LogP contribution in [0.25, 0.3) is 0 Å². The number of rotatable bonds is 4. The number of carbonyl (C=O) groups excluding carboxylic acids is 1. The van der Waals surface area contributed by atoms with E-state index < -0.39 is 0 Å². The molecule has 0 aliphatic carbocycles. The first-order valence-electron chi connectivity index (χ1n) is 3.89. The van der Waals surface area contributed by atoms with Gasteiger partial charge in [-0.1, -0.05) is 0 Å². The minimum Gasteiger partial charge on any atom is -0.497 e. The smallest absolute Gasteiger partial charge is 0.234 e. The van der Waals surface area contributed by atoms with Gasteiger partial charge in [0.1, 0.15) is 5.75 Å². The zero-order chi connectivity index (χ0) is 9.52.